The fourth-order valence-electron chi connectivity index (χ4n) is 5.80. The van der Waals surface area contributed by atoms with Gasteiger partial charge in [-0.1, -0.05) is 18.2 Å². The molecule has 0 radical (unpaired) electrons. The van der Waals surface area contributed by atoms with E-state index in [1.807, 2.05) is 31.2 Å². The highest BCUT2D eigenvalue weighted by atomic mass is 32.1. The van der Waals surface area contributed by atoms with Gasteiger partial charge >= 0.3 is 0 Å². The molecule has 0 aliphatic carbocycles. The Bertz CT molecular complexity index is 1830. The van der Waals surface area contributed by atoms with Gasteiger partial charge in [0, 0.05) is 75.4 Å². The van der Waals surface area contributed by atoms with E-state index in [-0.39, 0.29) is 17.6 Å². The number of anilines is 2. The van der Waals surface area contributed by atoms with Crippen LogP contribution in [0, 0.1) is 0 Å². The normalized spacial score (nSPS) is 18.4. The number of carbonyl (C=O) groups is 1. The van der Waals surface area contributed by atoms with Gasteiger partial charge in [0.2, 0.25) is 5.91 Å². The number of ether oxygens (including phenoxy) is 2. The molecule has 0 saturated carbocycles. The van der Waals surface area contributed by atoms with Crippen LogP contribution in [0.1, 0.15) is 6.92 Å². The summed E-state index contributed by atoms with van der Waals surface area (Å²) in [5.41, 5.74) is 3.25. The lowest BCUT2D eigenvalue weighted by atomic mass is 10.0. The summed E-state index contributed by atoms with van der Waals surface area (Å²) in [5.74, 6) is 0.656. The maximum Gasteiger partial charge on any atom is 0.259 e. The van der Waals surface area contributed by atoms with Gasteiger partial charge in [-0.25, -0.2) is 4.98 Å². The van der Waals surface area contributed by atoms with Crippen molar-refractivity contribution in [2.24, 2.45) is 0 Å². The Kier molecular flexibility index (Phi) is 6.91. The molecular weight excluding hydrogens is 538 g/mol. The van der Waals surface area contributed by atoms with Crippen molar-refractivity contribution in [2.75, 3.05) is 62.8 Å². The monoisotopic (exact) mass is 569 g/mol. The summed E-state index contributed by atoms with van der Waals surface area (Å²) in [5, 5.41) is 5.28. The van der Waals surface area contributed by atoms with E-state index >= 15 is 0 Å². The number of morpholine rings is 2. The summed E-state index contributed by atoms with van der Waals surface area (Å²) in [4.78, 5) is 35.2. The lowest BCUT2D eigenvalue weighted by Crippen LogP contribution is -2.44. The Morgan fingerprint density at radius 1 is 1.02 bits per heavy atom. The number of nitrogens with one attached hydrogen (secondary N) is 1. The number of benzene rings is 2. The number of carbonyl (C=O) groups excluding carboxylic acids is 1. The van der Waals surface area contributed by atoms with E-state index < -0.39 is 0 Å². The van der Waals surface area contributed by atoms with Crippen molar-refractivity contribution in [3.05, 3.63) is 71.1 Å². The molecule has 1 amide bonds. The summed E-state index contributed by atoms with van der Waals surface area (Å²) in [7, 11) is 0. The third-order valence-corrected chi connectivity index (χ3v) is 9.00. The average Bonchev–Trinajstić information content (AvgIpc) is 3.35. The molecular formula is C31H31N5O4S. The molecule has 10 heteroatoms. The number of aromatic nitrogens is 2. The highest BCUT2D eigenvalue weighted by Crippen LogP contribution is 2.41. The largest absolute Gasteiger partial charge is 0.378 e. The summed E-state index contributed by atoms with van der Waals surface area (Å²) in [6.07, 6.45) is 1.91. The van der Waals surface area contributed by atoms with Crippen LogP contribution in [0.25, 0.3) is 36.9 Å². The number of fused-ring (bicyclic) bond motifs is 4. The van der Waals surface area contributed by atoms with Gasteiger partial charge in [-0.15, -0.1) is 11.3 Å². The van der Waals surface area contributed by atoms with Crippen LogP contribution in [0.5, 0.6) is 0 Å². The molecule has 210 valence electrons. The quantitative estimate of drug-likeness (QED) is 0.339. The molecule has 9 nitrogen and oxygen atoms in total. The molecule has 2 aromatic carbocycles. The van der Waals surface area contributed by atoms with Crippen molar-refractivity contribution in [1.82, 2.24) is 14.3 Å². The summed E-state index contributed by atoms with van der Waals surface area (Å²) >= 11 is 1.71. The number of thiophene rings is 1. The highest BCUT2D eigenvalue weighted by molar-refractivity contribution is 7.26. The van der Waals surface area contributed by atoms with Crippen molar-refractivity contribution in [3.63, 3.8) is 0 Å². The first-order valence-corrected chi connectivity index (χ1v) is 14.8. The minimum absolute atomic E-state index is 0.0259. The predicted octanol–water partition coefficient (Wildman–Crippen LogP) is 4.23. The van der Waals surface area contributed by atoms with Gasteiger partial charge in [0.25, 0.3) is 5.56 Å². The molecule has 2 aliphatic rings. The molecule has 7 rings (SSSR count). The van der Waals surface area contributed by atoms with Gasteiger partial charge in [0.05, 0.1) is 32.5 Å². The van der Waals surface area contributed by atoms with Gasteiger partial charge in [-0.2, -0.15) is 0 Å². The number of hydrogen-bond donors (Lipinski definition) is 1. The Hall–Kier alpha value is -3.83. The zero-order valence-electron chi connectivity index (χ0n) is 22.8. The number of rotatable bonds is 5. The second-order valence-electron chi connectivity index (χ2n) is 10.6. The Morgan fingerprint density at radius 3 is 2.73 bits per heavy atom. The molecule has 1 atom stereocenters. The van der Waals surface area contributed by atoms with Crippen LogP contribution in [0.15, 0.2) is 65.6 Å². The molecule has 2 fully saturated rings. The maximum atomic E-state index is 13.1. The van der Waals surface area contributed by atoms with E-state index in [1.54, 1.807) is 28.0 Å². The van der Waals surface area contributed by atoms with Crippen molar-refractivity contribution in [2.45, 2.75) is 13.0 Å². The second-order valence-corrected chi connectivity index (χ2v) is 11.7. The number of pyridine rings is 1. The fraction of sp³-hybridized carbons (Fsp3) is 0.323. The second kappa shape index (κ2) is 10.9. The Balaban J connectivity index is 1.25. The number of nitrogens with zero attached hydrogens (tertiary/aromatic N) is 4. The maximum absolute atomic E-state index is 13.1. The van der Waals surface area contributed by atoms with E-state index in [9.17, 15) is 9.59 Å². The van der Waals surface area contributed by atoms with Crippen LogP contribution < -0.4 is 15.8 Å². The average molecular weight is 570 g/mol. The minimum atomic E-state index is -0.103. The first kappa shape index (κ1) is 26.1. The van der Waals surface area contributed by atoms with Gasteiger partial charge in [0.15, 0.2) is 0 Å². The molecule has 3 aromatic heterocycles. The van der Waals surface area contributed by atoms with Crippen molar-refractivity contribution in [3.8, 4) is 11.1 Å². The molecule has 2 saturated heterocycles. The number of amides is 1. The van der Waals surface area contributed by atoms with E-state index in [2.05, 4.69) is 39.4 Å². The van der Waals surface area contributed by atoms with Gasteiger partial charge in [0.1, 0.15) is 11.5 Å². The summed E-state index contributed by atoms with van der Waals surface area (Å²) in [6, 6.07) is 17.9. The third-order valence-electron chi connectivity index (χ3n) is 7.78. The standard InChI is InChI=1S/C31H31N5O4S/c1-20-18-34(10-15-40-20)19-28(37)32-21-7-8-26-25(16-21)23-5-2-4-22(30(23)41-26)24-6-3-9-36-29(38)17-27(33-31(24)36)35-11-13-39-14-12-35/h2-9,16-17,20H,10-15,18-19H2,1H3,(H,32,37)/t20-/m0/s1. The Morgan fingerprint density at radius 2 is 1.88 bits per heavy atom. The third kappa shape index (κ3) is 5.08. The summed E-state index contributed by atoms with van der Waals surface area (Å²) in [6.45, 7) is 7.22. The van der Waals surface area contributed by atoms with Crippen LogP contribution in [-0.2, 0) is 14.3 Å². The molecule has 5 aromatic rings. The Labute approximate surface area is 240 Å². The summed E-state index contributed by atoms with van der Waals surface area (Å²) < 4.78 is 15.0. The van der Waals surface area contributed by atoms with Crippen molar-refractivity contribution < 1.29 is 14.3 Å². The zero-order valence-corrected chi connectivity index (χ0v) is 23.7. The smallest absolute Gasteiger partial charge is 0.259 e. The van der Waals surface area contributed by atoms with Gasteiger partial charge in [-0.3, -0.25) is 18.9 Å². The molecule has 1 N–H and O–H groups in total. The molecule has 41 heavy (non-hydrogen) atoms. The fourth-order valence-corrected chi connectivity index (χ4v) is 7.01. The van der Waals surface area contributed by atoms with Crippen LogP contribution in [0.4, 0.5) is 11.5 Å². The van der Waals surface area contributed by atoms with Crippen LogP contribution in [0.2, 0.25) is 0 Å². The van der Waals surface area contributed by atoms with Gasteiger partial charge < -0.3 is 19.7 Å². The van der Waals surface area contributed by atoms with Crippen molar-refractivity contribution >= 4 is 54.6 Å². The van der Waals surface area contributed by atoms with E-state index in [0.717, 1.165) is 50.1 Å². The predicted molar refractivity (Wildman–Crippen MR) is 163 cm³/mol. The highest BCUT2D eigenvalue weighted by Gasteiger charge is 2.20. The molecule has 0 spiro atoms. The van der Waals surface area contributed by atoms with Gasteiger partial charge in [-0.05, 0) is 37.3 Å². The molecule has 0 unspecified atom stereocenters. The van der Waals surface area contributed by atoms with E-state index in [0.29, 0.717) is 50.9 Å². The molecule has 2 aliphatic heterocycles. The van der Waals surface area contributed by atoms with E-state index in [4.69, 9.17) is 14.5 Å². The first-order valence-electron chi connectivity index (χ1n) is 14.0. The molecule has 5 heterocycles. The number of hydrogen-bond acceptors (Lipinski definition) is 8. The van der Waals surface area contributed by atoms with Crippen molar-refractivity contribution in [1.29, 1.82) is 0 Å². The lowest BCUT2D eigenvalue weighted by Gasteiger charge is -2.30. The molecule has 0 bridgehead atoms. The zero-order chi connectivity index (χ0) is 27.9. The lowest BCUT2D eigenvalue weighted by molar-refractivity contribution is -0.119. The van der Waals surface area contributed by atoms with E-state index in [1.165, 1.54) is 0 Å². The van der Waals surface area contributed by atoms with Crippen LogP contribution in [0.3, 0.4) is 0 Å². The SMILES string of the molecule is C[C@H]1CN(CC(=O)Nc2ccc3sc4c(-c5cccn6c(=O)cc(N7CCOCC7)nc56)cccc4c3c2)CCO1. The topological polar surface area (TPSA) is 88.4 Å². The van der Waals surface area contributed by atoms with Crippen LogP contribution in [-0.4, -0.2) is 78.8 Å². The minimum Gasteiger partial charge on any atom is -0.378 e. The first-order chi connectivity index (χ1) is 20.0. The van der Waals surface area contributed by atoms with Crippen LogP contribution >= 0.6 is 11.3 Å².